The Labute approximate surface area is 145 Å². The topological polar surface area (TPSA) is 69.5 Å². The second-order valence-corrected chi connectivity index (χ2v) is 5.61. The van der Waals surface area contributed by atoms with Gasteiger partial charge in [-0.2, -0.15) is 5.26 Å². The number of nitrogens with zero attached hydrogens (tertiary/aromatic N) is 4. The minimum atomic E-state index is -0.556. The van der Waals surface area contributed by atoms with Crippen molar-refractivity contribution in [2.24, 2.45) is 0 Å². The van der Waals surface area contributed by atoms with Gasteiger partial charge in [0.15, 0.2) is 11.6 Å². The lowest BCUT2D eigenvalue weighted by Crippen LogP contribution is -2.49. The van der Waals surface area contributed by atoms with Crippen molar-refractivity contribution in [2.45, 2.75) is 0 Å². The van der Waals surface area contributed by atoms with Gasteiger partial charge in [0.05, 0.1) is 12.7 Å². The number of hydrogen-bond donors (Lipinski definition) is 0. The van der Waals surface area contributed by atoms with E-state index in [1.54, 1.807) is 29.3 Å². The number of pyridine rings is 1. The van der Waals surface area contributed by atoms with Crippen LogP contribution in [-0.2, 0) is 0 Å². The van der Waals surface area contributed by atoms with Crippen LogP contribution in [-0.4, -0.2) is 49.1 Å². The molecule has 0 radical (unpaired) electrons. The van der Waals surface area contributed by atoms with Gasteiger partial charge in [-0.25, -0.2) is 9.37 Å². The maximum absolute atomic E-state index is 13.8. The van der Waals surface area contributed by atoms with E-state index in [0.717, 1.165) is 0 Å². The molecule has 0 N–H and O–H groups in total. The Hall–Kier alpha value is -3.14. The number of halogens is 1. The maximum Gasteiger partial charge on any atom is 0.254 e. The van der Waals surface area contributed by atoms with E-state index in [-0.39, 0.29) is 11.7 Å². The van der Waals surface area contributed by atoms with Crippen LogP contribution in [0.2, 0.25) is 0 Å². The average molecular weight is 340 g/mol. The van der Waals surface area contributed by atoms with Crippen LogP contribution in [0.3, 0.4) is 0 Å². The summed E-state index contributed by atoms with van der Waals surface area (Å²) in [6.45, 7) is 2.09. The van der Waals surface area contributed by atoms with Crippen molar-refractivity contribution in [1.82, 2.24) is 9.88 Å². The average Bonchev–Trinajstić information content (AvgIpc) is 2.67. The number of methoxy groups -OCH3 is 1. The van der Waals surface area contributed by atoms with Crippen molar-refractivity contribution in [1.29, 1.82) is 5.26 Å². The molecule has 0 unspecified atom stereocenters. The Bertz CT molecular complexity index is 826. The number of amides is 1. The Kier molecular flexibility index (Phi) is 4.80. The van der Waals surface area contributed by atoms with Crippen molar-refractivity contribution in [3.05, 3.63) is 53.5 Å². The van der Waals surface area contributed by atoms with Gasteiger partial charge in [-0.1, -0.05) is 0 Å². The fourth-order valence-corrected chi connectivity index (χ4v) is 2.84. The maximum atomic E-state index is 13.8. The summed E-state index contributed by atoms with van der Waals surface area (Å²) in [4.78, 5) is 20.5. The van der Waals surface area contributed by atoms with Gasteiger partial charge in [-0.3, -0.25) is 4.79 Å². The number of ether oxygens (including phenoxy) is 1. The third-order valence-corrected chi connectivity index (χ3v) is 4.17. The van der Waals surface area contributed by atoms with Crippen LogP contribution in [0.25, 0.3) is 0 Å². The summed E-state index contributed by atoms with van der Waals surface area (Å²) in [5.41, 5.74) is 0.807. The predicted octanol–water partition coefficient (Wildman–Crippen LogP) is 2.06. The third-order valence-electron chi connectivity index (χ3n) is 4.17. The molecular weight excluding hydrogens is 323 g/mol. The van der Waals surface area contributed by atoms with Gasteiger partial charge in [-0.05, 0) is 30.3 Å². The van der Waals surface area contributed by atoms with E-state index < -0.39 is 5.82 Å². The van der Waals surface area contributed by atoms with Gasteiger partial charge in [-0.15, -0.1) is 0 Å². The zero-order valence-electron chi connectivity index (χ0n) is 13.8. The van der Waals surface area contributed by atoms with Crippen LogP contribution >= 0.6 is 0 Å². The molecule has 3 rings (SSSR count). The lowest BCUT2D eigenvalue weighted by atomic mass is 10.1. The molecule has 1 aliphatic heterocycles. The van der Waals surface area contributed by atoms with Crippen LogP contribution in [0, 0.1) is 17.1 Å². The van der Waals surface area contributed by atoms with Crippen LogP contribution in [0.4, 0.5) is 10.2 Å². The first-order valence-electron chi connectivity index (χ1n) is 7.87. The zero-order valence-corrected chi connectivity index (χ0v) is 13.8. The number of carbonyl (C=O) groups is 1. The standard InChI is InChI=1S/C18H17FN4O2/c1-25-16-5-4-13(11-15(16)19)18(24)23-9-7-22(8-10-23)17-14(12-20)3-2-6-21-17/h2-6,11H,7-10H2,1H3. The van der Waals surface area contributed by atoms with Crippen molar-refractivity contribution in [2.75, 3.05) is 38.2 Å². The highest BCUT2D eigenvalue weighted by molar-refractivity contribution is 5.94. The monoisotopic (exact) mass is 340 g/mol. The molecular formula is C18H17FN4O2. The first kappa shape index (κ1) is 16.7. The molecule has 1 fully saturated rings. The van der Waals surface area contributed by atoms with Crippen LogP contribution in [0.5, 0.6) is 5.75 Å². The minimum absolute atomic E-state index is 0.112. The Morgan fingerprint density at radius 3 is 2.68 bits per heavy atom. The number of nitriles is 1. The molecule has 7 heteroatoms. The highest BCUT2D eigenvalue weighted by Gasteiger charge is 2.24. The first-order valence-corrected chi connectivity index (χ1v) is 7.87. The summed E-state index contributed by atoms with van der Waals surface area (Å²) < 4.78 is 18.7. The number of rotatable bonds is 3. The highest BCUT2D eigenvalue weighted by Crippen LogP contribution is 2.21. The van der Waals surface area contributed by atoms with E-state index in [4.69, 9.17) is 4.74 Å². The van der Waals surface area contributed by atoms with Gasteiger partial charge in [0.25, 0.3) is 5.91 Å². The third kappa shape index (κ3) is 3.38. The SMILES string of the molecule is COc1ccc(C(=O)N2CCN(c3ncccc3C#N)CC2)cc1F. The zero-order chi connectivity index (χ0) is 17.8. The highest BCUT2D eigenvalue weighted by atomic mass is 19.1. The van der Waals surface area contributed by atoms with Gasteiger partial charge in [0, 0.05) is 37.9 Å². The van der Waals surface area contributed by atoms with Crippen molar-refractivity contribution < 1.29 is 13.9 Å². The predicted molar refractivity (Wildman–Crippen MR) is 90.0 cm³/mol. The summed E-state index contributed by atoms with van der Waals surface area (Å²) in [5.74, 6) is -0.0324. The smallest absolute Gasteiger partial charge is 0.254 e. The van der Waals surface area contributed by atoms with Gasteiger partial charge in [0.2, 0.25) is 0 Å². The van der Waals surface area contributed by atoms with Gasteiger partial charge in [0.1, 0.15) is 11.9 Å². The second-order valence-electron chi connectivity index (χ2n) is 5.61. The molecule has 0 bridgehead atoms. The molecule has 1 aromatic heterocycles. The van der Waals surface area contributed by atoms with E-state index in [1.165, 1.54) is 19.2 Å². The summed E-state index contributed by atoms with van der Waals surface area (Å²) in [6, 6.07) is 9.78. The first-order chi connectivity index (χ1) is 12.1. The summed E-state index contributed by atoms with van der Waals surface area (Å²) in [7, 11) is 1.38. The van der Waals surface area contributed by atoms with Crippen molar-refractivity contribution >= 4 is 11.7 Å². The Balaban J connectivity index is 1.69. The number of aromatic nitrogens is 1. The number of piperazine rings is 1. The fraction of sp³-hybridized carbons (Fsp3) is 0.278. The Morgan fingerprint density at radius 1 is 1.28 bits per heavy atom. The fourth-order valence-electron chi connectivity index (χ4n) is 2.84. The summed E-state index contributed by atoms with van der Waals surface area (Å²) >= 11 is 0. The number of hydrogen-bond acceptors (Lipinski definition) is 5. The normalized spacial score (nSPS) is 14.1. The van der Waals surface area contributed by atoms with E-state index in [9.17, 15) is 14.4 Å². The molecule has 25 heavy (non-hydrogen) atoms. The van der Waals surface area contributed by atoms with Crippen LogP contribution in [0.15, 0.2) is 36.5 Å². The van der Waals surface area contributed by atoms with Gasteiger partial charge < -0.3 is 14.5 Å². The lowest BCUT2D eigenvalue weighted by Gasteiger charge is -2.35. The molecule has 0 atom stereocenters. The summed E-state index contributed by atoms with van der Waals surface area (Å²) in [6.07, 6.45) is 1.65. The minimum Gasteiger partial charge on any atom is -0.494 e. The molecule has 2 heterocycles. The molecule has 1 aromatic carbocycles. The van der Waals surface area contributed by atoms with E-state index in [0.29, 0.717) is 43.1 Å². The number of anilines is 1. The molecule has 6 nitrogen and oxygen atoms in total. The number of benzene rings is 1. The van der Waals surface area contributed by atoms with Gasteiger partial charge >= 0.3 is 0 Å². The van der Waals surface area contributed by atoms with E-state index >= 15 is 0 Å². The van der Waals surface area contributed by atoms with E-state index in [1.807, 2.05) is 4.90 Å². The molecule has 1 saturated heterocycles. The summed E-state index contributed by atoms with van der Waals surface area (Å²) in [5, 5.41) is 9.18. The second kappa shape index (κ2) is 7.18. The molecule has 2 aromatic rings. The largest absolute Gasteiger partial charge is 0.494 e. The molecule has 1 aliphatic rings. The molecule has 0 aliphatic carbocycles. The molecule has 128 valence electrons. The Morgan fingerprint density at radius 2 is 2.04 bits per heavy atom. The van der Waals surface area contributed by atoms with Crippen LogP contribution < -0.4 is 9.64 Å². The van der Waals surface area contributed by atoms with Crippen molar-refractivity contribution in [3.63, 3.8) is 0 Å². The van der Waals surface area contributed by atoms with E-state index in [2.05, 4.69) is 11.1 Å². The quantitative estimate of drug-likeness (QED) is 0.855. The van der Waals surface area contributed by atoms with Crippen LogP contribution in [0.1, 0.15) is 15.9 Å². The van der Waals surface area contributed by atoms with Crippen molar-refractivity contribution in [3.8, 4) is 11.8 Å². The number of carbonyl (C=O) groups excluding carboxylic acids is 1. The molecule has 1 amide bonds. The molecule has 0 spiro atoms. The molecule has 0 saturated carbocycles. The lowest BCUT2D eigenvalue weighted by molar-refractivity contribution is 0.0746.